The Morgan fingerprint density at radius 2 is 1.81 bits per heavy atom. The quantitative estimate of drug-likeness (QED) is 0.271. The first-order chi connectivity index (χ1) is 15.0. The van der Waals surface area contributed by atoms with Gasteiger partial charge in [0.15, 0.2) is 11.5 Å². The lowest BCUT2D eigenvalue weighted by Gasteiger charge is -2.07. The molecule has 2 N–H and O–H groups in total. The number of hydrogen-bond acceptors (Lipinski definition) is 6. The molecule has 0 aliphatic rings. The van der Waals surface area contributed by atoms with E-state index in [9.17, 15) is 19.1 Å². The summed E-state index contributed by atoms with van der Waals surface area (Å²) in [7, 11) is 0. The second kappa shape index (κ2) is 8.54. The van der Waals surface area contributed by atoms with Crippen LogP contribution in [0.5, 0.6) is 0 Å². The molecule has 2 aromatic heterocycles. The summed E-state index contributed by atoms with van der Waals surface area (Å²) in [4.78, 5) is 25.7. The van der Waals surface area contributed by atoms with Gasteiger partial charge in [-0.05, 0) is 29.0 Å². The molecule has 0 saturated carbocycles. The van der Waals surface area contributed by atoms with E-state index in [1.165, 1.54) is 18.2 Å². The number of nitrogens with zero attached hydrogens (tertiary/aromatic N) is 4. The van der Waals surface area contributed by atoms with Crippen molar-refractivity contribution in [2.45, 2.75) is 6.54 Å². The summed E-state index contributed by atoms with van der Waals surface area (Å²) in [6.45, 7) is 0.222. The maximum Gasteiger partial charge on any atom is 0.239 e. The molecule has 4 aromatic rings. The monoisotopic (exact) mass is 417 g/mol. The number of H-pyrrole nitrogens is 1. The Hall–Kier alpha value is -4.40. The summed E-state index contributed by atoms with van der Waals surface area (Å²) in [6, 6.07) is 16.0. The standard InChI is InChI=1S/C22H16FN5O3/c23-17-8-6-14(7-9-17)12-28-13-16(21(31)15-4-2-1-3-5-15)10-18(28)19(29)11-20(30)22-24-26-27-25-22/h1-11,13,30H,12H2,(H,24,25,26,27). The lowest BCUT2D eigenvalue weighted by atomic mass is 10.1. The van der Waals surface area contributed by atoms with Gasteiger partial charge in [-0.3, -0.25) is 9.59 Å². The van der Waals surface area contributed by atoms with Gasteiger partial charge in [0.2, 0.25) is 11.6 Å². The first-order valence-corrected chi connectivity index (χ1v) is 9.24. The Balaban J connectivity index is 1.71. The minimum Gasteiger partial charge on any atom is -0.504 e. The van der Waals surface area contributed by atoms with Crippen LogP contribution in [0.15, 0.2) is 72.9 Å². The van der Waals surface area contributed by atoms with Crippen LogP contribution >= 0.6 is 0 Å². The minimum absolute atomic E-state index is 0.134. The highest BCUT2D eigenvalue weighted by molar-refractivity contribution is 6.12. The zero-order chi connectivity index (χ0) is 21.8. The number of tetrazole rings is 1. The number of aliphatic hydroxyl groups excluding tert-OH is 1. The Morgan fingerprint density at radius 3 is 2.48 bits per heavy atom. The van der Waals surface area contributed by atoms with Crippen LogP contribution in [-0.2, 0) is 6.54 Å². The van der Waals surface area contributed by atoms with Gasteiger partial charge in [-0.1, -0.05) is 42.5 Å². The molecule has 9 heteroatoms. The van der Waals surface area contributed by atoms with Crippen molar-refractivity contribution in [1.29, 1.82) is 0 Å². The SMILES string of the molecule is O=C(c1ccccc1)c1cc(C(=O)C=C(O)c2nn[nH]n2)n(Cc2ccc(F)cc2)c1. The molecule has 0 bridgehead atoms. The molecule has 0 aliphatic carbocycles. The smallest absolute Gasteiger partial charge is 0.239 e. The number of halogens is 1. The zero-order valence-corrected chi connectivity index (χ0v) is 16.1. The van der Waals surface area contributed by atoms with E-state index in [0.29, 0.717) is 11.1 Å². The molecule has 0 spiro atoms. The topological polar surface area (TPSA) is 114 Å². The van der Waals surface area contributed by atoms with Crippen molar-refractivity contribution < 1.29 is 19.1 Å². The zero-order valence-electron chi connectivity index (χ0n) is 16.1. The number of carbonyl (C=O) groups excluding carboxylic acids is 2. The van der Waals surface area contributed by atoms with Crippen LogP contribution in [0.2, 0.25) is 0 Å². The average Bonchev–Trinajstić information content (AvgIpc) is 3.46. The highest BCUT2D eigenvalue weighted by atomic mass is 19.1. The lowest BCUT2D eigenvalue weighted by Crippen LogP contribution is -2.08. The van der Waals surface area contributed by atoms with E-state index in [1.54, 1.807) is 53.2 Å². The second-order valence-corrected chi connectivity index (χ2v) is 6.69. The Bertz CT molecular complexity index is 1250. The van der Waals surface area contributed by atoms with E-state index in [-0.39, 0.29) is 29.7 Å². The van der Waals surface area contributed by atoms with Crippen LogP contribution < -0.4 is 0 Å². The predicted octanol–water partition coefficient (Wildman–Crippen LogP) is 3.20. The molecular weight excluding hydrogens is 401 g/mol. The summed E-state index contributed by atoms with van der Waals surface area (Å²) in [6.07, 6.45) is 2.52. The number of ketones is 2. The molecule has 4 rings (SSSR count). The fourth-order valence-corrected chi connectivity index (χ4v) is 3.05. The molecule has 0 amide bonds. The number of aromatic nitrogens is 5. The molecule has 0 fully saturated rings. The van der Waals surface area contributed by atoms with Crippen molar-refractivity contribution in [3.8, 4) is 0 Å². The van der Waals surface area contributed by atoms with E-state index >= 15 is 0 Å². The van der Waals surface area contributed by atoms with Crippen molar-refractivity contribution in [1.82, 2.24) is 25.2 Å². The molecule has 154 valence electrons. The molecule has 0 radical (unpaired) electrons. The van der Waals surface area contributed by atoms with Crippen molar-refractivity contribution in [2.24, 2.45) is 0 Å². The average molecular weight is 417 g/mol. The molecule has 0 aliphatic heterocycles. The third kappa shape index (κ3) is 4.45. The summed E-state index contributed by atoms with van der Waals surface area (Å²) >= 11 is 0. The number of aliphatic hydroxyl groups is 1. The van der Waals surface area contributed by atoms with Crippen molar-refractivity contribution in [3.63, 3.8) is 0 Å². The van der Waals surface area contributed by atoms with Gasteiger partial charge in [0.05, 0.1) is 5.69 Å². The molecule has 0 unspecified atom stereocenters. The highest BCUT2D eigenvalue weighted by Gasteiger charge is 2.19. The Morgan fingerprint density at radius 1 is 1.06 bits per heavy atom. The lowest BCUT2D eigenvalue weighted by molar-refractivity contribution is 0.103. The fraction of sp³-hybridized carbons (Fsp3) is 0.0455. The van der Waals surface area contributed by atoms with E-state index in [4.69, 9.17) is 0 Å². The summed E-state index contributed by atoms with van der Waals surface area (Å²) in [5, 5.41) is 22.8. The van der Waals surface area contributed by atoms with E-state index in [1.807, 2.05) is 0 Å². The number of rotatable bonds is 7. The van der Waals surface area contributed by atoms with Crippen LogP contribution in [0.3, 0.4) is 0 Å². The molecule has 2 aromatic carbocycles. The highest BCUT2D eigenvalue weighted by Crippen LogP contribution is 2.18. The van der Waals surface area contributed by atoms with Gasteiger partial charge in [0, 0.05) is 29.9 Å². The summed E-state index contributed by atoms with van der Waals surface area (Å²) < 4.78 is 14.8. The minimum atomic E-state index is -0.559. The van der Waals surface area contributed by atoms with Crippen molar-refractivity contribution >= 4 is 17.3 Å². The van der Waals surface area contributed by atoms with Gasteiger partial charge in [-0.15, -0.1) is 10.2 Å². The van der Waals surface area contributed by atoms with E-state index in [0.717, 1.165) is 11.6 Å². The van der Waals surface area contributed by atoms with E-state index < -0.39 is 11.5 Å². The third-order valence-electron chi connectivity index (χ3n) is 4.56. The van der Waals surface area contributed by atoms with Gasteiger partial charge in [-0.25, -0.2) is 4.39 Å². The molecule has 0 saturated heterocycles. The maximum absolute atomic E-state index is 13.2. The van der Waals surface area contributed by atoms with Crippen LogP contribution in [0.1, 0.15) is 37.8 Å². The normalized spacial score (nSPS) is 11.5. The molecule has 0 atom stereocenters. The molecule has 8 nitrogen and oxygen atoms in total. The second-order valence-electron chi connectivity index (χ2n) is 6.69. The van der Waals surface area contributed by atoms with E-state index in [2.05, 4.69) is 20.6 Å². The fourth-order valence-electron chi connectivity index (χ4n) is 3.05. The van der Waals surface area contributed by atoms with Gasteiger partial charge in [-0.2, -0.15) is 5.21 Å². The molecular formula is C22H16FN5O3. The number of allylic oxidation sites excluding steroid dienone is 1. The van der Waals surface area contributed by atoms with Crippen molar-refractivity contribution in [3.05, 3.63) is 107 Å². The number of nitrogens with one attached hydrogen (secondary N) is 1. The Labute approximate surface area is 175 Å². The predicted molar refractivity (Wildman–Crippen MR) is 109 cm³/mol. The maximum atomic E-state index is 13.2. The molecule has 2 heterocycles. The first kappa shape index (κ1) is 19.9. The number of carbonyl (C=O) groups is 2. The van der Waals surface area contributed by atoms with Gasteiger partial charge in [0.25, 0.3) is 0 Å². The van der Waals surface area contributed by atoms with Crippen LogP contribution in [0.4, 0.5) is 4.39 Å². The number of aromatic amines is 1. The largest absolute Gasteiger partial charge is 0.504 e. The van der Waals surface area contributed by atoms with Gasteiger partial charge < -0.3 is 9.67 Å². The van der Waals surface area contributed by atoms with Crippen LogP contribution in [0.25, 0.3) is 5.76 Å². The van der Waals surface area contributed by atoms with Gasteiger partial charge in [0.1, 0.15) is 5.82 Å². The van der Waals surface area contributed by atoms with Crippen LogP contribution in [-0.4, -0.2) is 41.9 Å². The van der Waals surface area contributed by atoms with Crippen molar-refractivity contribution in [2.75, 3.05) is 0 Å². The van der Waals surface area contributed by atoms with Crippen LogP contribution in [0, 0.1) is 5.82 Å². The third-order valence-corrected chi connectivity index (χ3v) is 4.56. The summed E-state index contributed by atoms with van der Waals surface area (Å²) in [5.41, 5.74) is 1.68. The number of hydrogen-bond donors (Lipinski definition) is 2. The Kier molecular flexibility index (Phi) is 5.48. The number of benzene rings is 2. The summed E-state index contributed by atoms with van der Waals surface area (Å²) in [5.74, 6) is -1.79. The van der Waals surface area contributed by atoms with Gasteiger partial charge >= 0.3 is 0 Å². The first-order valence-electron chi connectivity index (χ1n) is 9.24. The molecule has 31 heavy (non-hydrogen) atoms.